The number of aryl methyl sites for hydroxylation is 1. The lowest BCUT2D eigenvalue weighted by Gasteiger charge is -2.34. The monoisotopic (exact) mass is 300 g/mol. The van der Waals surface area contributed by atoms with E-state index in [0.717, 1.165) is 0 Å². The highest BCUT2D eigenvalue weighted by atomic mass is 32.2. The molecule has 1 saturated heterocycles. The molecule has 7 nitrogen and oxygen atoms in total. The van der Waals surface area contributed by atoms with E-state index in [-0.39, 0.29) is 17.5 Å². The molecule has 112 valence electrons. The summed E-state index contributed by atoms with van der Waals surface area (Å²) >= 11 is 0. The van der Waals surface area contributed by atoms with Crippen molar-refractivity contribution in [3.63, 3.8) is 0 Å². The molecule has 0 N–H and O–H groups in total. The van der Waals surface area contributed by atoms with Crippen LogP contribution in [-0.4, -0.2) is 59.5 Å². The van der Waals surface area contributed by atoms with Gasteiger partial charge in [-0.25, -0.2) is 8.42 Å². The van der Waals surface area contributed by atoms with E-state index in [0.29, 0.717) is 25.6 Å². The van der Waals surface area contributed by atoms with Crippen molar-refractivity contribution in [3.8, 4) is 0 Å². The molecule has 1 aromatic rings. The van der Waals surface area contributed by atoms with Crippen molar-refractivity contribution in [2.45, 2.75) is 18.9 Å². The van der Waals surface area contributed by atoms with Gasteiger partial charge >= 0.3 is 0 Å². The Morgan fingerprint density at radius 1 is 1.35 bits per heavy atom. The van der Waals surface area contributed by atoms with E-state index in [4.69, 9.17) is 0 Å². The highest BCUT2D eigenvalue weighted by Crippen LogP contribution is 2.17. The van der Waals surface area contributed by atoms with Crippen LogP contribution in [0.3, 0.4) is 0 Å². The van der Waals surface area contributed by atoms with E-state index in [1.165, 1.54) is 21.3 Å². The molecule has 2 rings (SSSR count). The van der Waals surface area contributed by atoms with Crippen LogP contribution in [0.5, 0.6) is 0 Å². The summed E-state index contributed by atoms with van der Waals surface area (Å²) in [5.41, 5.74) is 0. The number of piperazine rings is 1. The predicted octanol–water partition coefficient (Wildman–Crippen LogP) is -0.0910. The van der Waals surface area contributed by atoms with E-state index in [2.05, 4.69) is 5.10 Å². The predicted molar refractivity (Wildman–Crippen MR) is 73.4 cm³/mol. The molecule has 0 aliphatic carbocycles. The molecule has 0 unspecified atom stereocenters. The average molecular weight is 300 g/mol. The lowest BCUT2D eigenvalue weighted by atomic mass is 10.2. The van der Waals surface area contributed by atoms with Gasteiger partial charge in [0.25, 0.3) is 10.0 Å². The summed E-state index contributed by atoms with van der Waals surface area (Å²) in [7, 11) is -2.07. The van der Waals surface area contributed by atoms with E-state index < -0.39 is 10.0 Å². The van der Waals surface area contributed by atoms with E-state index in [1.54, 1.807) is 11.9 Å². The van der Waals surface area contributed by atoms with E-state index in [1.807, 2.05) is 13.8 Å². The van der Waals surface area contributed by atoms with Crippen molar-refractivity contribution in [2.75, 3.05) is 26.2 Å². The molecule has 0 radical (unpaired) electrons. The Balaban J connectivity index is 2.13. The molecule has 0 atom stereocenters. The Bertz CT molecular complexity index is 594. The van der Waals surface area contributed by atoms with Gasteiger partial charge in [0.15, 0.2) is 5.03 Å². The standard InChI is InChI=1S/C12H20N4O3S/c1-10(2)8-15-6-7-16(9-11(15)17)20(18,19)12-4-5-13-14(12)3/h4-5,10H,6-9H2,1-3H3. The van der Waals surface area contributed by atoms with Gasteiger partial charge in [-0.2, -0.15) is 9.40 Å². The van der Waals surface area contributed by atoms with Crippen LogP contribution in [-0.2, 0) is 21.9 Å². The fourth-order valence-corrected chi connectivity index (χ4v) is 3.75. The third-order valence-corrected chi connectivity index (χ3v) is 5.17. The first-order valence-electron chi connectivity index (χ1n) is 6.58. The maximum atomic E-state index is 12.4. The fraction of sp³-hybridized carbons (Fsp3) is 0.667. The molecule has 8 heteroatoms. The Morgan fingerprint density at radius 2 is 2.05 bits per heavy atom. The second-order valence-electron chi connectivity index (χ2n) is 5.37. The first-order valence-corrected chi connectivity index (χ1v) is 8.02. The van der Waals surface area contributed by atoms with Crippen LogP contribution in [0, 0.1) is 5.92 Å². The number of hydrogen-bond acceptors (Lipinski definition) is 4. The normalized spacial score (nSPS) is 18.0. The van der Waals surface area contributed by atoms with Gasteiger partial charge in [0.2, 0.25) is 5.91 Å². The first-order chi connectivity index (χ1) is 9.32. The summed E-state index contributed by atoms with van der Waals surface area (Å²) in [6.07, 6.45) is 1.43. The highest BCUT2D eigenvalue weighted by molar-refractivity contribution is 7.89. The second kappa shape index (κ2) is 5.53. The molecule has 1 amide bonds. The van der Waals surface area contributed by atoms with E-state index in [9.17, 15) is 13.2 Å². The molecular weight excluding hydrogens is 280 g/mol. The number of rotatable bonds is 4. The average Bonchev–Trinajstić information content (AvgIpc) is 2.78. The zero-order valence-corrected chi connectivity index (χ0v) is 12.8. The molecule has 0 saturated carbocycles. The quantitative estimate of drug-likeness (QED) is 0.779. The number of carbonyl (C=O) groups is 1. The fourth-order valence-electron chi connectivity index (χ4n) is 2.27. The lowest BCUT2D eigenvalue weighted by Crippen LogP contribution is -2.53. The Morgan fingerprint density at radius 3 is 2.55 bits per heavy atom. The van der Waals surface area contributed by atoms with Gasteiger partial charge in [-0.15, -0.1) is 0 Å². The van der Waals surface area contributed by atoms with Gasteiger partial charge in [0.1, 0.15) is 0 Å². The number of sulfonamides is 1. The van der Waals surface area contributed by atoms with Crippen molar-refractivity contribution in [1.82, 2.24) is 19.0 Å². The number of hydrogen-bond donors (Lipinski definition) is 0. The SMILES string of the molecule is CC(C)CN1CCN(S(=O)(=O)c2ccnn2C)CC1=O. The molecule has 0 aromatic carbocycles. The third kappa shape index (κ3) is 2.85. The maximum Gasteiger partial charge on any atom is 0.260 e. The maximum absolute atomic E-state index is 12.4. The second-order valence-corrected chi connectivity index (χ2v) is 7.25. The smallest absolute Gasteiger partial charge is 0.260 e. The summed E-state index contributed by atoms with van der Waals surface area (Å²) in [4.78, 5) is 13.8. The summed E-state index contributed by atoms with van der Waals surface area (Å²) in [6, 6.07) is 1.44. The molecular formula is C12H20N4O3S. The van der Waals surface area contributed by atoms with Gasteiger partial charge in [0, 0.05) is 26.7 Å². The third-order valence-electron chi connectivity index (χ3n) is 3.25. The van der Waals surface area contributed by atoms with Crippen LogP contribution in [0.4, 0.5) is 0 Å². The minimum Gasteiger partial charge on any atom is -0.340 e. The Hall–Kier alpha value is -1.41. The summed E-state index contributed by atoms with van der Waals surface area (Å²) in [6.45, 7) is 5.40. The van der Waals surface area contributed by atoms with Gasteiger partial charge < -0.3 is 4.90 Å². The number of amides is 1. The molecule has 20 heavy (non-hydrogen) atoms. The van der Waals surface area contributed by atoms with Gasteiger partial charge in [-0.05, 0) is 12.0 Å². The Labute approximate surface area is 119 Å². The number of carbonyl (C=O) groups excluding carboxylic acids is 1. The van der Waals surface area contributed by atoms with Crippen LogP contribution < -0.4 is 0 Å². The molecule has 1 fully saturated rings. The van der Waals surface area contributed by atoms with Gasteiger partial charge in [-0.1, -0.05) is 13.8 Å². The first kappa shape index (κ1) is 15.0. The number of aromatic nitrogens is 2. The van der Waals surface area contributed by atoms with Crippen molar-refractivity contribution in [2.24, 2.45) is 13.0 Å². The molecule has 1 aromatic heterocycles. The molecule has 0 spiro atoms. The Kier molecular flexibility index (Phi) is 4.14. The molecule has 2 heterocycles. The van der Waals surface area contributed by atoms with Crippen LogP contribution in [0.25, 0.3) is 0 Å². The van der Waals surface area contributed by atoms with Gasteiger partial charge in [0.05, 0.1) is 12.7 Å². The molecule has 1 aliphatic rings. The molecule has 0 bridgehead atoms. The zero-order chi connectivity index (χ0) is 14.9. The summed E-state index contributed by atoms with van der Waals surface area (Å²) in [5.74, 6) is 0.231. The topological polar surface area (TPSA) is 75.5 Å². The van der Waals surface area contributed by atoms with Crippen molar-refractivity contribution in [3.05, 3.63) is 12.3 Å². The summed E-state index contributed by atoms with van der Waals surface area (Å²) < 4.78 is 27.4. The van der Waals surface area contributed by atoms with Crippen LogP contribution in [0.1, 0.15) is 13.8 Å². The van der Waals surface area contributed by atoms with Crippen LogP contribution in [0.2, 0.25) is 0 Å². The van der Waals surface area contributed by atoms with Crippen LogP contribution >= 0.6 is 0 Å². The largest absolute Gasteiger partial charge is 0.340 e. The van der Waals surface area contributed by atoms with Crippen molar-refractivity contribution < 1.29 is 13.2 Å². The molecule has 1 aliphatic heterocycles. The minimum absolute atomic E-state index is 0.0970. The summed E-state index contributed by atoms with van der Waals surface area (Å²) in [5, 5.41) is 3.98. The lowest BCUT2D eigenvalue weighted by molar-refractivity contribution is -0.134. The van der Waals surface area contributed by atoms with Crippen LogP contribution in [0.15, 0.2) is 17.3 Å². The van der Waals surface area contributed by atoms with Crippen molar-refractivity contribution in [1.29, 1.82) is 0 Å². The van der Waals surface area contributed by atoms with Crippen molar-refractivity contribution >= 4 is 15.9 Å². The van der Waals surface area contributed by atoms with Gasteiger partial charge in [-0.3, -0.25) is 9.48 Å². The zero-order valence-electron chi connectivity index (χ0n) is 12.0. The van der Waals surface area contributed by atoms with E-state index >= 15 is 0 Å². The minimum atomic E-state index is -3.65. The highest BCUT2D eigenvalue weighted by Gasteiger charge is 2.34. The number of nitrogens with zero attached hydrogens (tertiary/aromatic N) is 4.